The maximum Gasteiger partial charge on any atom is 0.239 e. The predicted octanol–water partition coefficient (Wildman–Crippen LogP) is 2.43. The van der Waals surface area contributed by atoms with E-state index in [1.54, 1.807) is 31.3 Å². The van der Waals surface area contributed by atoms with Crippen molar-refractivity contribution < 1.29 is 17.9 Å². The first-order valence-electron chi connectivity index (χ1n) is 7.40. The van der Waals surface area contributed by atoms with E-state index in [2.05, 4.69) is 0 Å². The Morgan fingerprint density at radius 3 is 2.48 bits per heavy atom. The number of para-hydroxylation sites is 2. The molecule has 2 aromatic rings. The maximum atomic E-state index is 12.6. The lowest BCUT2D eigenvalue weighted by molar-refractivity contribution is 0.261. The summed E-state index contributed by atoms with van der Waals surface area (Å²) in [6, 6.07) is 16.2. The molecule has 1 heterocycles. The summed E-state index contributed by atoms with van der Waals surface area (Å²) in [5.41, 5.74) is 1.29. The molecule has 1 atom stereocenters. The zero-order valence-corrected chi connectivity index (χ0v) is 13.7. The van der Waals surface area contributed by atoms with E-state index in [0.29, 0.717) is 30.2 Å². The van der Waals surface area contributed by atoms with Crippen molar-refractivity contribution in [2.45, 2.75) is 11.9 Å². The van der Waals surface area contributed by atoms with Crippen LogP contribution in [0.25, 0.3) is 0 Å². The normalized spacial score (nSPS) is 16.8. The molecule has 2 aromatic carbocycles. The number of anilines is 1. The van der Waals surface area contributed by atoms with Crippen molar-refractivity contribution >= 4 is 15.7 Å². The van der Waals surface area contributed by atoms with E-state index >= 15 is 0 Å². The van der Waals surface area contributed by atoms with E-state index in [9.17, 15) is 8.42 Å². The number of ether oxygens (including phenoxy) is 2. The van der Waals surface area contributed by atoms with E-state index in [0.717, 1.165) is 0 Å². The molecule has 0 radical (unpaired) electrons. The summed E-state index contributed by atoms with van der Waals surface area (Å²) < 4.78 is 37.4. The van der Waals surface area contributed by atoms with Crippen LogP contribution in [-0.4, -0.2) is 34.8 Å². The van der Waals surface area contributed by atoms with Gasteiger partial charge in [0.15, 0.2) is 0 Å². The SMILES string of the molecule is CN(c1ccccc1)S(=O)(=O)Cc1ccccc1OCC1CO1. The van der Waals surface area contributed by atoms with Crippen LogP contribution < -0.4 is 9.04 Å². The molecule has 0 aromatic heterocycles. The van der Waals surface area contributed by atoms with Crippen LogP contribution in [0.2, 0.25) is 0 Å². The van der Waals surface area contributed by atoms with Crippen LogP contribution >= 0.6 is 0 Å². The lowest BCUT2D eigenvalue weighted by atomic mass is 10.2. The van der Waals surface area contributed by atoms with Crippen LogP contribution in [0, 0.1) is 0 Å². The Morgan fingerprint density at radius 2 is 1.78 bits per heavy atom. The maximum absolute atomic E-state index is 12.6. The Hall–Kier alpha value is -2.05. The van der Waals surface area contributed by atoms with Crippen molar-refractivity contribution in [1.82, 2.24) is 0 Å². The monoisotopic (exact) mass is 333 g/mol. The van der Waals surface area contributed by atoms with Crippen molar-refractivity contribution in [1.29, 1.82) is 0 Å². The second kappa shape index (κ2) is 6.60. The average Bonchev–Trinajstić information content (AvgIpc) is 3.38. The molecule has 0 spiro atoms. The summed E-state index contributed by atoms with van der Waals surface area (Å²) in [6.07, 6.45) is 0.131. The van der Waals surface area contributed by atoms with Crippen molar-refractivity contribution in [3.63, 3.8) is 0 Å². The molecule has 3 rings (SSSR count). The Bertz CT molecular complexity index is 757. The van der Waals surface area contributed by atoms with Gasteiger partial charge in [-0.15, -0.1) is 0 Å². The molecule has 1 unspecified atom stereocenters. The molecule has 1 saturated heterocycles. The first kappa shape index (κ1) is 15.8. The molecule has 5 nitrogen and oxygen atoms in total. The highest BCUT2D eigenvalue weighted by Gasteiger charge is 2.25. The lowest BCUT2D eigenvalue weighted by Gasteiger charge is -2.20. The molecule has 1 aliphatic heterocycles. The van der Waals surface area contributed by atoms with Crippen LogP contribution in [0.15, 0.2) is 54.6 Å². The van der Waals surface area contributed by atoms with E-state index in [-0.39, 0.29) is 11.9 Å². The number of nitrogens with zero attached hydrogens (tertiary/aromatic N) is 1. The summed E-state index contributed by atoms with van der Waals surface area (Å²) in [7, 11) is -1.93. The largest absolute Gasteiger partial charge is 0.490 e. The molecule has 0 amide bonds. The van der Waals surface area contributed by atoms with Crippen LogP contribution in [0.1, 0.15) is 5.56 Å². The van der Waals surface area contributed by atoms with Gasteiger partial charge in [0.25, 0.3) is 0 Å². The number of epoxide rings is 1. The zero-order valence-electron chi connectivity index (χ0n) is 12.9. The number of benzene rings is 2. The third kappa shape index (κ3) is 4.03. The number of sulfonamides is 1. The minimum absolute atomic E-state index is 0.111. The van der Waals surface area contributed by atoms with Gasteiger partial charge in [0.1, 0.15) is 18.5 Å². The smallest absolute Gasteiger partial charge is 0.239 e. The van der Waals surface area contributed by atoms with E-state index in [4.69, 9.17) is 9.47 Å². The molecule has 0 saturated carbocycles. The molecular formula is C17H19NO4S. The Balaban J connectivity index is 1.77. The molecule has 1 fully saturated rings. The van der Waals surface area contributed by atoms with E-state index < -0.39 is 10.0 Å². The van der Waals surface area contributed by atoms with Crippen molar-refractivity contribution in [3.8, 4) is 5.75 Å². The molecule has 0 aliphatic carbocycles. The molecule has 6 heteroatoms. The Labute approximate surface area is 136 Å². The van der Waals surface area contributed by atoms with Gasteiger partial charge in [-0.25, -0.2) is 8.42 Å². The minimum atomic E-state index is -3.49. The fourth-order valence-corrected chi connectivity index (χ4v) is 3.47. The van der Waals surface area contributed by atoms with Gasteiger partial charge in [0, 0.05) is 12.6 Å². The molecule has 0 N–H and O–H groups in total. The lowest BCUT2D eigenvalue weighted by Crippen LogP contribution is -2.28. The topological polar surface area (TPSA) is 59.1 Å². The number of hydrogen-bond donors (Lipinski definition) is 0. The molecule has 23 heavy (non-hydrogen) atoms. The summed E-state index contributed by atoms with van der Waals surface area (Å²) in [5.74, 6) is 0.480. The Kier molecular flexibility index (Phi) is 4.54. The fraction of sp³-hybridized carbons (Fsp3) is 0.294. The summed E-state index contributed by atoms with van der Waals surface area (Å²) in [6.45, 7) is 1.16. The van der Waals surface area contributed by atoms with Crippen molar-refractivity contribution in [2.24, 2.45) is 0 Å². The van der Waals surface area contributed by atoms with Crippen LogP contribution in [0.3, 0.4) is 0 Å². The minimum Gasteiger partial charge on any atom is -0.490 e. The van der Waals surface area contributed by atoms with Gasteiger partial charge in [-0.1, -0.05) is 36.4 Å². The van der Waals surface area contributed by atoms with Crippen LogP contribution in [-0.2, 0) is 20.5 Å². The van der Waals surface area contributed by atoms with Gasteiger partial charge in [0.2, 0.25) is 10.0 Å². The third-order valence-corrected chi connectivity index (χ3v) is 5.40. The molecule has 122 valence electrons. The first-order chi connectivity index (χ1) is 11.1. The van der Waals surface area contributed by atoms with Gasteiger partial charge in [0.05, 0.1) is 18.0 Å². The van der Waals surface area contributed by atoms with Crippen molar-refractivity contribution in [2.75, 3.05) is 24.6 Å². The highest BCUT2D eigenvalue weighted by atomic mass is 32.2. The second-order valence-electron chi connectivity index (χ2n) is 5.43. The van der Waals surface area contributed by atoms with Gasteiger partial charge in [-0.05, 0) is 18.2 Å². The molecule has 0 bridgehead atoms. The number of rotatable bonds is 7. The Morgan fingerprint density at radius 1 is 1.13 bits per heavy atom. The first-order valence-corrected chi connectivity index (χ1v) is 9.01. The molecular weight excluding hydrogens is 314 g/mol. The zero-order chi connectivity index (χ0) is 16.3. The van der Waals surface area contributed by atoms with Crippen LogP contribution in [0.4, 0.5) is 5.69 Å². The van der Waals surface area contributed by atoms with Crippen molar-refractivity contribution in [3.05, 3.63) is 60.2 Å². The molecule has 1 aliphatic rings. The van der Waals surface area contributed by atoms with Gasteiger partial charge in [-0.3, -0.25) is 4.31 Å². The summed E-state index contributed by atoms with van der Waals surface area (Å²) >= 11 is 0. The predicted molar refractivity (Wildman–Crippen MR) is 89.1 cm³/mol. The summed E-state index contributed by atoms with van der Waals surface area (Å²) in [4.78, 5) is 0. The van der Waals surface area contributed by atoms with Gasteiger partial charge < -0.3 is 9.47 Å². The van der Waals surface area contributed by atoms with E-state index in [1.165, 1.54) is 4.31 Å². The fourth-order valence-electron chi connectivity index (χ4n) is 2.20. The summed E-state index contributed by atoms with van der Waals surface area (Å²) in [5, 5.41) is 0. The van der Waals surface area contributed by atoms with Crippen LogP contribution in [0.5, 0.6) is 5.75 Å². The second-order valence-corrected chi connectivity index (χ2v) is 7.43. The highest BCUT2D eigenvalue weighted by molar-refractivity contribution is 7.92. The van der Waals surface area contributed by atoms with Gasteiger partial charge in [-0.2, -0.15) is 0 Å². The third-order valence-electron chi connectivity index (χ3n) is 3.67. The average molecular weight is 333 g/mol. The quantitative estimate of drug-likeness (QED) is 0.730. The van der Waals surface area contributed by atoms with Gasteiger partial charge >= 0.3 is 0 Å². The number of hydrogen-bond acceptors (Lipinski definition) is 4. The standard InChI is InChI=1S/C17H19NO4S/c1-18(15-8-3-2-4-9-15)23(19,20)13-14-7-5-6-10-17(14)22-12-16-11-21-16/h2-10,16H,11-13H2,1H3. The van der Waals surface area contributed by atoms with E-state index in [1.807, 2.05) is 30.3 Å². The highest BCUT2D eigenvalue weighted by Crippen LogP contribution is 2.25.